The van der Waals surface area contributed by atoms with Gasteiger partial charge in [0, 0.05) is 11.1 Å². The van der Waals surface area contributed by atoms with Crippen LogP contribution < -0.4 is 10.1 Å². The van der Waals surface area contributed by atoms with Crippen LogP contribution in [0.1, 0.15) is 5.56 Å². The number of anilines is 1. The van der Waals surface area contributed by atoms with E-state index in [2.05, 4.69) is 5.32 Å². The van der Waals surface area contributed by atoms with Crippen molar-refractivity contribution >= 4 is 22.4 Å². The van der Waals surface area contributed by atoms with Gasteiger partial charge >= 0.3 is 0 Å². The fourth-order valence-electron chi connectivity index (χ4n) is 2.30. The Morgan fingerprint density at radius 3 is 2.50 bits per heavy atom. The molecule has 1 N–H and O–H groups in total. The molecule has 0 fully saturated rings. The molecule has 0 spiro atoms. The highest BCUT2D eigenvalue weighted by Gasteiger charge is 2.06. The molecule has 3 aromatic rings. The van der Waals surface area contributed by atoms with E-state index in [1.165, 1.54) is 0 Å². The molecule has 0 bridgehead atoms. The highest BCUT2D eigenvalue weighted by molar-refractivity contribution is 6.02. The predicted molar refractivity (Wildman–Crippen MR) is 89.3 cm³/mol. The third-order valence-corrected chi connectivity index (χ3v) is 3.45. The van der Waals surface area contributed by atoms with Crippen LogP contribution in [0.2, 0.25) is 0 Å². The van der Waals surface area contributed by atoms with E-state index in [9.17, 15) is 4.79 Å². The zero-order valence-corrected chi connectivity index (χ0v) is 12.4. The van der Waals surface area contributed by atoms with Gasteiger partial charge < -0.3 is 10.1 Å². The standard InChI is InChI=1S/C19H17NO2/c1-14-9-11-16(12-10-14)22-13-19(21)20-18-8-4-6-15-5-2-3-7-17(15)18/h2-12H,13H2,1H3,(H,20,21). The second-order valence-corrected chi connectivity index (χ2v) is 5.18. The Morgan fingerprint density at radius 1 is 0.955 bits per heavy atom. The van der Waals surface area contributed by atoms with Gasteiger partial charge in [-0.05, 0) is 30.5 Å². The smallest absolute Gasteiger partial charge is 0.262 e. The lowest BCUT2D eigenvalue weighted by molar-refractivity contribution is -0.118. The van der Waals surface area contributed by atoms with E-state index in [0.29, 0.717) is 5.75 Å². The SMILES string of the molecule is Cc1ccc(OCC(=O)Nc2cccc3ccccc23)cc1. The van der Waals surface area contributed by atoms with E-state index in [0.717, 1.165) is 22.0 Å². The van der Waals surface area contributed by atoms with Crippen molar-refractivity contribution in [3.8, 4) is 5.75 Å². The maximum Gasteiger partial charge on any atom is 0.262 e. The summed E-state index contributed by atoms with van der Waals surface area (Å²) in [5.41, 5.74) is 1.96. The average molecular weight is 291 g/mol. The summed E-state index contributed by atoms with van der Waals surface area (Å²) < 4.78 is 5.50. The second-order valence-electron chi connectivity index (χ2n) is 5.18. The van der Waals surface area contributed by atoms with Crippen molar-refractivity contribution in [1.82, 2.24) is 0 Å². The molecule has 0 saturated heterocycles. The van der Waals surface area contributed by atoms with E-state index in [1.54, 1.807) is 0 Å². The predicted octanol–water partition coefficient (Wildman–Crippen LogP) is 4.17. The first-order chi connectivity index (χ1) is 10.7. The normalized spacial score (nSPS) is 10.4. The van der Waals surface area contributed by atoms with Crippen LogP contribution in [-0.2, 0) is 4.79 Å². The zero-order valence-electron chi connectivity index (χ0n) is 12.4. The van der Waals surface area contributed by atoms with Crippen LogP contribution >= 0.6 is 0 Å². The number of carbonyl (C=O) groups excluding carboxylic acids is 1. The molecule has 22 heavy (non-hydrogen) atoms. The first-order valence-electron chi connectivity index (χ1n) is 7.19. The van der Waals surface area contributed by atoms with Gasteiger partial charge in [0.2, 0.25) is 0 Å². The molecule has 0 atom stereocenters. The Hall–Kier alpha value is -2.81. The monoisotopic (exact) mass is 291 g/mol. The van der Waals surface area contributed by atoms with Crippen molar-refractivity contribution in [3.63, 3.8) is 0 Å². The number of fused-ring (bicyclic) bond motifs is 1. The Morgan fingerprint density at radius 2 is 1.68 bits per heavy atom. The molecule has 0 aliphatic carbocycles. The molecule has 0 heterocycles. The number of rotatable bonds is 4. The number of benzene rings is 3. The molecule has 0 aliphatic rings. The summed E-state index contributed by atoms with van der Waals surface area (Å²) in [5, 5.41) is 5.02. The van der Waals surface area contributed by atoms with Gasteiger partial charge in [-0.2, -0.15) is 0 Å². The molecule has 0 radical (unpaired) electrons. The van der Waals surface area contributed by atoms with E-state index in [1.807, 2.05) is 73.7 Å². The van der Waals surface area contributed by atoms with Gasteiger partial charge in [0.15, 0.2) is 6.61 Å². The van der Waals surface area contributed by atoms with E-state index in [-0.39, 0.29) is 12.5 Å². The van der Waals surface area contributed by atoms with Crippen LogP contribution in [0.4, 0.5) is 5.69 Å². The number of hydrogen-bond acceptors (Lipinski definition) is 2. The fraction of sp³-hybridized carbons (Fsp3) is 0.105. The molecule has 0 saturated carbocycles. The van der Waals surface area contributed by atoms with Gasteiger partial charge in [0.1, 0.15) is 5.75 Å². The quantitative estimate of drug-likeness (QED) is 0.783. The van der Waals surface area contributed by atoms with Crippen LogP contribution in [-0.4, -0.2) is 12.5 Å². The molecular formula is C19H17NO2. The maximum absolute atomic E-state index is 12.1. The van der Waals surface area contributed by atoms with E-state index >= 15 is 0 Å². The fourth-order valence-corrected chi connectivity index (χ4v) is 2.30. The molecule has 3 rings (SSSR count). The van der Waals surface area contributed by atoms with Gasteiger partial charge in [0.05, 0.1) is 0 Å². The third kappa shape index (κ3) is 3.26. The van der Waals surface area contributed by atoms with Crippen molar-refractivity contribution in [1.29, 1.82) is 0 Å². The van der Waals surface area contributed by atoms with Gasteiger partial charge in [0.25, 0.3) is 5.91 Å². The van der Waals surface area contributed by atoms with Gasteiger partial charge in [-0.25, -0.2) is 0 Å². The molecule has 0 aromatic heterocycles. The first-order valence-corrected chi connectivity index (χ1v) is 7.19. The molecular weight excluding hydrogens is 274 g/mol. The third-order valence-electron chi connectivity index (χ3n) is 3.45. The van der Waals surface area contributed by atoms with Crippen molar-refractivity contribution in [3.05, 3.63) is 72.3 Å². The molecule has 110 valence electrons. The summed E-state index contributed by atoms with van der Waals surface area (Å²) in [7, 11) is 0. The van der Waals surface area contributed by atoms with Gasteiger partial charge in [-0.1, -0.05) is 54.1 Å². The van der Waals surface area contributed by atoms with Crippen LogP contribution in [0, 0.1) is 6.92 Å². The highest BCUT2D eigenvalue weighted by atomic mass is 16.5. The van der Waals surface area contributed by atoms with Crippen LogP contribution in [0.25, 0.3) is 10.8 Å². The molecule has 3 heteroatoms. The molecule has 0 unspecified atom stereocenters. The lowest BCUT2D eigenvalue weighted by Crippen LogP contribution is -2.20. The minimum absolute atomic E-state index is 0.00766. The van der Waals surface area contributed by atoms with Crippen LogP contribution in [0.15, 0.2) is 66.7 Å². The lowest BCUT2D eigenvalue weighted by atomic mass is 10.1. The summed E-state index contributed by atoms with van der Waals surface area (Å²) in [6.45, 7) is 2.00. The second kappa shape index (κ2) is 6.31. The summed E-state index contributed by atoms with van der Waals surface area (Å²) in [6.07, 6.45) is 0. The Balaban J connectivity index is 1.67. The summed E-state index contributed by atoms with van der Waals surface area (Å²) in [6, 6.07) is 21.4. The number of nitrogens with one attached hydrogen (secondary N) is 1. The number of carbonyl (C=O) groups is 1. The van der Waals surface area contributed by atoms with E-state index < -0.39 is 0 Å². The molecule has 3 aromatic carbocycles. The lowest BCUT2D eigenvalue weighted by Gasteiger charge is -2.10. The number of aryl methyl sites for hydroxylation is 1. The van der Waals surface area contributed by atoms with Gasteiger partial charge in [-0.3, -0.25) is 4.79 Å². The van der Waals surface area contributed by atoms with Crippen LogP contribution in [0.5, 0.6) is 5.75 Å². The Kier molecular flexibility index (Phi) is 4.05. The number of ether oxygens (including phenoxy) is 1. The largest absolute Gasteiger partial charge is 0.484 e. The molecule has 0 aliphatic heterocycles. The van der Waals surface area contributed by atoms with Crippen molar-refractivity contribution < 1.29 is 9.53 Å². The summed E-state index contributed by atoms with van der Waals surface area (Å²) >= 11 is 0. The van der Waals surface area contributed by atoms with Gasteiger partial charge in [-0.15, -0.1) is 0 Å². The van der Waals surface area contributed by atoms with Crippen molar-refractivity contribution in [2.45, 2.75) is 6.92 Å². The topological polar surface area (TPSA) is 38.3 Å². The molecule has 3 nitrogen and oxygen atoms in total. The first kappa shape index (κ1) is 14.1. The number of hydrogen-bond donors (Lipinski definition) is 1. The Bertz CT molecular complexity index is 789. The van der Waals surface area contributed by atoms with Crippen LogP contribution in [0.3, 0.4) is 0 Å². The minimum atomic E-state index is -0.170. The average Bonchev–Trinajstić information content (AvgIpc) is 2.55. The molecule has 1 amide bonds. The van der Waals surface area contributed by atoms with Crippen molar-refractivity contribution in [2.75, 3.05) is 11.9 Å². The highest BCUT2D eigenvalue weighted by Crippen LogP contribution is 2.22. The summed E-state index contributed by atoms with van der Waals surface area (Å²) in [5.74, 6) is 0.524. The van der Waals surface area contributed by atoms with E-state index in [4.69, 9.17) is 4.74 Å². The Labute approximate surface area is 129 Å². The number of amides is 1. The zero-order chi connectivity index (χ0) is 15.4. The maximum atomic E-state index is 12.1. The summed E-state index contributed by atoms with van der Waals surface area (Å²) in [4.78, 5) is 12.1. The van der Waals surface area contributed by atoms with Crippen molar-refractivity contribution in [2.24, 2.45) is 0 Å². The minimum Gasteiger partial charge on any atom is -0.484 e.